The van der Waals surface area contributed by atoms with E-state index in [0.29, 0.717) is 18.9 Å². The summed E-state index contributed by atoms with van der Waals surface area (Å²) in [5.41, 5.74) is 11.4. The number of benzene rings is 1. The van der Waals surface area contributed by atoms with Crippen LogP contribution in [0.4, 0.5) is 11.6 Å². The highest BCUT2D eigenvalue weighted by Gasteiger charge is 2.09. The summed E-state index contributed by atoms with van der Waals surface area (Å²) >= 11 is 0. The lowest BCUT2D eigenvalue weighted by Gasteiger charge is -2.08. The van der Waals surface area contributed by atoms with Gasteiger partial charge in [0.2, 0.25) is 0 Å². The van der Waals surface area contributed by atoms with Gasteiger partial charge in [-0.1, -0.05) is 18.2 Å². The summed E-state index contributed by atoms with van der Waals surface area (Å²) < 4.78 is 1.94. The lowest BCUT2D eigenvalue weighted by atomic mass is 10.1. The second-order valence-corrected chi connectivity index (χ2v) is 7.77. The normalized spacial score (nSPS) is 11.3. The number of fused-ring (bicyclic) bond motifs is 2. The second-order valence-electron chi connectivity index (χ2n) is 7.77. The number of hydrogen-bond donors (Lipinski definition) is 2. The monoisotopic (exact) mass is 409 g/mol. The maximum absolute atomic E-state index is 5.96. The lowest BCUT2D eigenvalue weighted by Crippen LogP contribution is -2.02. The van der Waals surface area contributed by atoms with Gasteiger partial charge in [-0.25, -0.2) is 9.97 Å². The fourth-order valence-corrected chi connectivity index (χ4v) is 3.74. The number of nitrogens with one attached hydrogen (secondary N) is 1. The Bertz CT molecular complexity index is 1400. The average Bonchev–Trinajstić information content (AvgIpc) is 3.18. The molecule has 5 aromatic rings. The molecule has 0 saturated heterocycles. The molecule has 4 aromatic heterocycles. The van der Waals surface area contributed by atoms with Crippen LogP contribution < -0.4 is 11.1 Å². The minimum absolute atomic E-state index is 0.551. The Morgan fingerprint density at radius 3 is 2.68 bits per heavy atom. The fourth-order valence-electron chi connectivity index (χ4n) is 3.74. The van der Waals surface area contributed by atoms with Gasteiger partial charge in [-0.15, -0.1) is 0 Å². The molecule has 154 valence electrons. The van der Waals surface area contributed by atoms with Gasteiger partial charge >= 0.3 is 0 Å². The molecule has 5 rings (SSSR count). The molecule has 7 nitrogen and oxygen atoms in total. The highest BCUT2D eigenvalue weighted by molar-refractivity contribution is 5.91. The van der Waals surface area contributed by atoms with Crippen molar-refractivity contribution in [1.29, 1.82) is 0 Å². The van der Waals surface area contributed by atoms with Crippen LogP contribution in [-0.2, 0) is 13.1 Å². The van der Waals surface area contributed by atoms with E-state index < -0.39 is 0 Å². The Balaban J connectivity index is 1.38. The predicted octanol–water partition coefficient (Wildman–Crippen LogP) is 4.23. The summed E-state index contributed by atoms with van der Waals surface area (Å²) in [5, 5.41) is 11.2. The van der Waals surface area contributed by atoms with Crippen molar-refractivity contribution in [3.63, 3.8) is 0 Å². The van der Waals surface area contributed by atoms with Crippen molar-refractivity contribution in [1.82, 2.24) is 24.7 Å². The van der Waals surface area contributed by atoms with E-state index in [1.807, 2.05) is 42.2 Å². The molecule has 0 amide bonds. The zero-order valence-corrected chi connectivity index (χ0v) is 17.5. The molecule has 0 unspecified atom stereocenters. The predicted molar refractivity (Wildman–Crippen MR) is 124 cm³/mol. The Labute approximate surface area is 180 Å². The molecule has 0 radical (unpaired) electrons. The first-order valence-corrected chi connectivity index (χ1v) is 10.2. The number of pyridine rings is 3. The number of nitrogen functional groups attached to an aromatic ring is 1. The van der Waals surface area contributed by atoms with E-state index in [-0.39, 0.29) is 0 Å². The van der Waals surface area contributed by atoms with E-state index in [1.165, 1.54) is 5.56 Å². The first-order valence-electron chi connectivity index (χ1n) is 10.2. The molecule has 0 aliphatic heterocycles. The van der Waals surface area contributed by atoms with Crippen LogP contribution in [0.25, 0.3) is 21.7 Å². The number of anilines is 2. The molecule has 3 N–H and O–H groups in total. The molecular weight excluding hydrogens is 386 g/mol. The van der Waals surface area contributed by atoms with Crippen LogP contribution in [-0.4, -0.2) is 24.7 Å². The molecular formula is C24H23N7. The van der Waals surface area contributed by atoms with Crippen molar-refractivity contribution in [2.75, 3.05) is 11.1 Å². The third-order valence-corrected chi connectivity index (χ3v) is 5.54. The van der Waals surface area contributed by atoms with Crippen LogP contribution in [0.15, 0.2) is 61.2 Å². The topological polar surface area (TPSA) is 94.5 Å². The quantitative estimate of drug-likeness (QED) is 0.451. The third-order valence-electron chi connectivity index (χ3n) is 5.54. The van der Waals surface area contributed by atoms with Crippen molar-refractivity contribution in [2.24, 2.45) is 0 Å². The second kappa shape index (κ2) is 7.68. The Hall–Kier alpha value is -4.00. The maximum atomic E-state index is 5.96. The largest absolute Gasteiger partial charge is 0.383 e. The molecule has 0 aliphatic carbocycles. The van der Waals surface area contributed by atoms with Crippen LogP contribution in [0.1, 0.15) is 22.4 Å². The molecule has 0 atom stereocenters. The summed E-state index contributed by atoms with van der Waals surface area (Å²) in [7, 11) is 0. The van der Waals surface area contributed by atoms with Gasteiger partial charge in [0.05, 0.1) is 17.4 Å². The van der Waals surface area contributed by atoms with Gasteiger partial charge in [-0.3, -0.25) is 9.67 Å². The van der Waals surface area contributed by atoms with Gasteiger partial charge in [0.1, 0.15) is 11.6 Å². The molecule has 0 spiro atoms. The molecule has 31 heavy (non-hydrogen) atoms. The van der Waals surface area contributed by atoms with Gasteiger partial charge < -0.3 is 11.1 Å². The van der Waals surface area contributed by atoms with Gasteiger partial charge in [-0.2, -0.15) is 5.10 Å². The number of nitrogens with zero attached hydrogens (tertiary/aromatic N) is 5. The Morgan fingerprint density at radius 1 is 0.935 bits per heavy atom. The lowest BCUT2D eigenvalue weighted by molar-refractivity contribution is 0.692. The minimum atomic E-state index is 0.551. The van der Waals surface area contributed by atoms with E-state index in [1.54, 1.807) is 12.4 Å². The molecule has 0 bridgehead atoms. The number of rotatable bonds is 5. The first kappa shape index (κ1) is 19.0. The van der Waals surface area contributed by atoms with Gasteiger partial charge in [0.25, 0.3) is 0 Å². The highest BCUT2D eigenvalue weighted by Crippen LogP contribution is 2.23. The highest BCUT2D eigenvalue weighted by atomic mass is 15.3. The molecule has 7 heteroatoms. The zero-order valence-electron chi connectivity index (χ0n) is 17.5. The number of aromatic nitrogens is 5. The van der Waals surface area contributed by atoms with Crippen molar-refractivity contribution in [3.8, 4) is 0 Å². The summed E-state index contributed by atoms with van der Waals surface area (Å²) in [6, 6.07) is 12.3. The maximum Gasteiger partial charge on any atom is 0.137 e. The zero-order chi connectivity index (χ0) is 21.4. The fraction of sp³-hybridized carbons (Fsp3) is 0.167. The van der Waals surface area contributed by atoms with Crippen molar-refractivity contribution in [3.05, 3.63) is 83.6 Å². The van der Waals surface area contributed by atoms with Crippen LogP contribution in [0, 0.1) is 13.8 Å². The van der Waals surface area contributed by atoms with Gasteiger partial charge in [-0.05, 0) is 54.1 Å². The molecule has 0 saturated carbocycles. The summed E-state index contributed by atoms with van der Waals surface area (Å²) in [6.07, 6.45) is 7.46. The molecule has 0 aliphatic rings. The average molecular weight is 409 g/mol. The summed E-state index contributed by atoms with van der Waals surface area (Å²) in [4.78, 5) is 13.1. The summed E-state index contributed by atoms with van der Waals surface area (Å²) in [6.45, 7) is 5.42. The SMILES string of the molecule is Cc1cc(Cn2cc3c(NCc4ccc5c(N)nccc5c4)nccc3n2)cnc1C. The smallest absolute Gasteiger partial charge is 0.137 e. The number of hydrogen-bond acceptors (Lipinski definition) is 6. The third kappa shape index (κ3) is 3.77. The van der Waals surface area contributed by atoms with Crippen molar-refractivity contribution < 1.29 is 0 Å². The molecule has 4 heterocycles. The van der Waals surface area contributed by atoms with Crippen molar-refractivity contribution >= 4 is 33.3 Å². The number of aryl methyl sites for hydroxylation is 2. The van der Waals surface area contributed by atoms with E-state index in [2.05, 4.69) is 45.4 Å². The number of nitrogens with two attached hydrogens (primary N) is 1. The molecule has 0 fully saturated rings. The van der Waals surface area contributed by atoms with E-state index in [0.717, 1.165) is 44.3 Å². The van der Waals surface area contributed by atoms with E-state index >= 15 is 0 Å². The molecule has 1 aromatic carbocycles. The van der Waals surface area contributed by atoms with E-state index in [4.69, 9.17) is 10.8 Å². The Kier molecular flexibility index (Phi) is 4.71. The van der Waals surface area contributed by atoms with Gasteiger partial charge in [0.15, 0.2) is 0 Å². The van der Waals surface area contributed by atoms with Gasteiger partial charge in [0, 0.05) is 42.4 Å². The van der Waals surface area contributed by atoms with Crippen LogP contribution in [0.2, 0.25) is 0 Å². The Morgan fingerprint density at radius 2 is 1.81 bits per heavy atom. The van der Waals surface area contributed by atoms with E-state index in [9.17, 15) is 0 Å². The first-order chi connectivity index (χ1) is 15.1. The summed E-state index contributed by atoms with van der Waals surface area (Å²) in [5.74, 6) is 1.37. The van der Waals surface area contributed by atoms with Crippen LogP contribution >= 0.6 is 0 Å². The van der Waals surface area contributed by atoms with Crippen LogP contribution in [0.5, 0.6) is 0 Å². The van der Waals surface area contributed by atoms with Crippen LogP contribution in [0.3, 0.4) is 0 Å². The van der Waals surface area contributed by atoms with Crippen molar-refractivity contribution in [2.45, 2.75) is 26.9 Å². The standard InChI is InChI=1S/C24H23N7/c1-15-9-18(12-28-16(15)2)13-31-14-21-22(30-31)6-8-27-24(21)29-11-17-3-4-20-19(10-17)5-7-26-23(20)25/h3-10,12,14H,11,13H2,1-2H3,(H2,25,26)(H,27,29). The minimum Gasteiger partial charge on any atom is -0.383 e.